The Balaban J connectivity index is 1.76. The molecule has 2 heteroatoms. The molecule has 134 valence electrons. The Morgan fingerprint density at radius 2 is 1.71 bits per heavy atom. The first-order valence-corrected chi connectivity index (χ1v) is 9.97. The van der Waals surface area contributed by atoms with Crippen LogP contribution in [0.25, 0.3) is 0 Å². The number of ether oxygens (including phenoxy) is 1. The molecule has 2 rings (SSSR count). The van der Waals surface area contributed by atoms with Crippen LogP contribution in [0, 0.1) is 5.92 Å². The van der Waals surface area contributed by atoms with E-state index in [1.165, 1.54) is 56.9 Å². The predicted octanol–water partition coefficient (Wildman–Crippen LogP) is 6.04. The number of unbranched alkanes of at least 4 members (excludes halogenated alkanes) is 2. The molecule has 1 aromatic carbocycles. The molecule has 0 unspecified atom stereocenters. The van der Waals surface area contributed by atoms with Crippen molar-refractivity contribution in [1.29, 1.82) is 0 Å². The summed E-state index contributed by atoms with van der Waals surface area (Å²) in [5, 5.41) is 0. The number of hydrogen-bond acceptors (Lipinski definition) is 2. The first-order valence-electron chi connectivity index (χ1n) is 9.97. The van der Waals surface area contributed by atoms with Crippen LogP contribution in [0.4, 0.5) is 0 Å². The molecule has 1 aromatic rings. The van der Waals surface area contributed by atoms with Gasteiger partial charge in [0.1, 0.15) is 0 Å². The zero-order valence-corrected chi connectivity index (χ0v) is 15.6. The van der Waals surface area contributed by atoms with Gasteiger partial charge in [-0.25, -0.2) is 0 Å². The standard InChI is InChI=1S/C22H34O2/c1-3-5-6-7-18-8-12-20(13-9-18)21-14-10-19(11-15-21)17-22(23)24-16-4-2/h10-11,14-15,18,20H,3-9,12-13,16-17H2,1-2H3/t18-,20-. The molecule has 0 radical (unpaired) electrons. The van der Waals surface area contributed by atoms with E-state index in [4.69, 9.17) is 4.74 Å². The van der Waals surface area contributed by atoms with Gasteiger partial charge in [-0.2, -0.15) is 0 Å². The summed E-state index contributed by atoms with van der Waals surface area (Å²) in [7, 11) is 0. The number of carbonyl (C=O) groups excluding carboxylic acids is 1. The van der Waals surface area contributed by atoms with Crippen molar-refractivity contribution in [3.63, 3.8) is 0 Å². The van der Waals surface area contributed by atoms with Crippen molar-refractivity contribution in [1.82, 2.24) is 0 Å². The fourth-order valence-corrected chi connectivity index (χ4v) is 3.81. The summed E-state index contributed by atoms with van der Waals surface area (Å²) in [4.78, 5) is 11.7. The molecule has 1 saturated carbocycles. The van der Waals surface area contributed by atoms with Crippen molar-refractivity contribution in [3.05, 3.63) is 35.4 Å². The van der Waals surface area contributed by atoms with Crippen LogP contribution in [-0.4, -0.2) is 12.6 Å². The van der Waals surface area contributed by atoms with Gasteiger partial charge < -0.3 is 4.74 Å². The second kappa shape index (κ2) is 10.5. The van der Waals surface area contributed by atoms with Crippen LogP contribution in [0.1, 0.15) is 88.7 Å². The van der Waals surface area contributed by atoms with Crippen LogP contribution in [0.3, 0.4) is 0 Å². The Hall–Kier alpha value is -1.31. The lowest BCUT2D eigenvalue weighted by Gasteiger charge is -2.29. The van der Waals surface area contributed by atoms with Gasteiger partial charge in [-0.05, 0) is 55.1 Å². The highest BCUT2D eigenvalue weighted by atomic mass is 16.5. The molecule has 0 spiro atoms. The minimum atomic E-state index is -0.114. The topological polar surface area (TPSA) is 26.3 Å². The monoisotopic (exact) mass is 330 g/mol. The second-order valence-electron chi connectivity index (χ2n) is 7.35. The summed E-state index contributed by atoms with van der Waals surface area (Å²) in [6.45, 7) is 4.82. The third kappa shape index (κ3) is 6.30. The highest BCUT2D eigenvalue weighted by Crippen LogP contribution is 2.37. The van der Waals surface area contributed by atoms with Gasteiger partial charge in [-0.3, -0.25) is 4.79 Å². The van der Waals surface area contributed by atoms with Crippen LogP contribution < -0.4 is 0 Å². The summed E-state index contributed by atoms with van der Waals surface area (Å²) in [5.41, 5.74) is 2.51. The third-order valence-electron chi connectivity index (χ3n) is 5.33. The van der Waals surface area contributed by atoms with Crippen LogP contribution in [0.2, 0.25) is 0 Å². The van der Waals surface area contributed by atoms with Gasteiger partial charge in [0.25, 0.3) is 0 Å². The predicted molar refractivity (Wildman–Crippen MR) is 100 cm³/mol. The molecule has 0 saturated heterocycles. The molecule has 0 heterocycles. The minimum absolute atomic E-state index is 0.114. The maximum absolute atomic E-state index is 11.7. The van der Waals surface area contributed by atoms with Gasteiger partial charge in [0, 0.05) is 0 Å². The van der Waals surface area contributed by atoms with Gasteiger partial charge in [0.15, 0.2) is 0 Å². The summed E-state index contributed by atoms with van der Waals surface area (Å²) >= 11 is 0. The van der Waals surface area contributed by atoms with E-state index in [1.54, 1.807) is 0 Å². The third-order valence-corrected chi connectivity index (χ3v) is 5.33. The molecule has 2 nitrogen and oxygen atoms in total. The van der Waals surface area contributed by atoms with Gasteiger partial charge in [0.2, 0.25) is 0 Å². The van der Waals surface area contributed by atoms with Crippen molar-refractivity contribution < 1.29 is 9.53 Å². The van der Waals surface area contributed by atoms with Gasteiger partial charge in [-0.15, -0.1) is 0 Å². The summed E-state index contributed by atoms with van der Waals surface area (Å²) < 4.78 is 5.15. The summed E-state index contributed by atoms with van der Waals surface area (Å²) in [6.07, 6.45) is 12.3. The maximum Gasteiger partial charge on any atom is 0.310 e. The van der Waals surface area contributed by atoms with E-state index in [0.29, 0.717) is 18.9 Å². The Morgan fingerprint density at radius 1 is 1.00 bits per heavy atom. The Labute approximate surface area is 148 Å². The average Bonchev–Trinajstić information content (AvgIpc) is 2.61. The van der Waals surface area contributed by atoms with Crippen molar-refractivity contribution in [3.8, 4) is 0 Å². The zero-order valence-electron chi connectivity index (χ0n) is 15.6. The summed E-state index contributed by atoms with van der Waals surface area (Å²) in [5.74, 6) is 1.56. The minimum Gasteiger partial charge on any atom is -0.465 e. The van der Waals surface area contributed by atoms with E-state index < -0.39 is 0 Å². The molecule has 0 N–H and O–H groups in total. The molecule has 0 amide bonds. The quantitative estimate of drug-likeness (QED) is 0.408. The van der Waals surface area contributed by atoms with Gasteiger partial charge >= 0.3 is 5.97 Å². The molecular formula is C22H34O2. The SMILES string of the molecule is CCCCC[C@H]1CC[C@H](c2ccc(CC(=O)OCCC)cc2)CC1. The van der Waals surface area contributed by atoms with E-state index >= 15 is 0 Å². The molecule has 1 aliphatic rings. The van der Waals surface area contributed by atoms with Crippen molar-refractivity contribution in [2.45, 2.75) is 84.0 Å². The molecular weight excluding hydrogens is 296 g/mol. The van der Waals surface area contributed by atoms with Crippen molar-refractivity contribution >= 4 is 5.97 Å². The largest absolute Gasteiger partial charge is 0.465 e. The van der Waals surface area contributed by atoms with E-state index in [2.05, 4.69) is 31.2 Å². The number of rotatable bonds is 9. The Kier molecular flexibility index (Phi) is 8.35. The highest BCUT2D eigenvalue weighted by molar-refractivity contribution is 5.72. The average molecular weight is 331 g/mol. The van der Waals surface area contributed by atoms with Crippen LogP contribution in [0.15, 0.2) is 24.3 Å². The number of hydrogen-bond donors (Lipinski definition) is 0. The normalized spacial score (nSPS) is 20.8. The Bertz CT molecular complexity index is 469. The van der Waals surface area contributed by atoms with Crippen LogP contribution >= 0.6 is 0 Å². The van der Waals surface area contributed by atoms with Crippen LogP contribution in [0.5, 0.6) is 0 Å². The van der Waals surface area contributed by atoms with E-state index in [1.807, 2.05) is 6.92 Å². The fraction of sp³-hybridized carbons (Fsp3) is 0.682. The van der Waals surface area contributed by atoms with E-state index in [9.17, 15) is 4.79 Å². The highest BCUT2D eigenvalue weighted by Gasteiger charge is 2.22. The molecule has 24 heavy (non-hydrogen) atoms. The lowest BCUT2D eigenvalue weighted by molar-refractivity contribution is -0.142. The molecule has 0 atom stereocenters. The maximum atomic E-state index is 11.7. The van der Waals surface area contributed by atoms with Crippen LogP contribution in [-0.2, 0) is 16.0 Å². The first kappa shape index (κ1) is 19.0. The van der Waals surface area contributed by atoms with Gasteiger partial charge in [-0.1, -0.05) is 63.8 Å². The van der Waals surface area contributed by atoms with E-state index in [-0.39, 0.29) is 5.97 Å². The van der Waals surface area contributed by atoms with E-state index in [0.717, 1.165) is 17.9 Å². The first-order chi connectivity index (χ1) is 11.7. The smallest absolute Gasteiger partial charge is 0.310 e. The lowest BCUT2D eigenvalue weighted by Crippen LogP contribution is -2.13. The Morgan fingerprint density at radius 3 is 2.33 bits per heavy atom. The molecule has 0 aromatic heterocycles. The molecule has 0 bridgehead atoms. The fourth-order valence-electron chi connectivity index (χ4n) is 3.81. The van der Waals surface area contributed by atoms with Crippen molar-refractivity contribution in [2.24, 2.45) is 5.92 Å². The second-order valence-corrected chi connectivity index (χ2v) is 7.35. The number of carbonyl (C=O) groups is 1. The molecule has 1 aliphatic carbocycles. The lowest BCUT2D eigenvalue weighted by atomic mass is 9.77. The van der Waals surface area contributed by atoms with Gasteiger partial charge in [0.05, 0.1) is 13.0 Å². The number of benzene rings is 1. The number of esters is 1. The van der Waals surface area contributed by atoms with Crippen molar-refractivity contribution in [2.75, 3.05) is 6.61 Å². The molecule has 1 fully saturated rings. The summed E-state index contributed by atoms with van der Waals surface area (Å²) in [6, 6.07) is 8.67. The zero-order chi connectivity index (χ0) is 17.2. The molecule has 0 aliphatic heterocycles.